The van der Waals surface area contributed by atoms with E-state index in [1.807, 2.05) is 62.4 Å². The van der Waals surface area contributed by atoms with Gasteiger partial charge < -0.3 is 10.2 Å². The Hall–Kier alpha value is -2.88. The Morgan fingerprint density at radius 2 is 0.964 bits per heavy atom. The number of hydrogen-bond donors (Lipinski definition) is 2. The summed E-state index contributed by atoms with van der Waals surface area (Å²) in [6.07, 6.45) is 2.60. The van der Waals surface area contributed by atoms with Crippen LogP contribution in [-0.4, -0.2) is 22.2 Å². The van der Waals surface area contributed by atoms with E-state index in [4.69, 9.17) is 0 Å². The smallest absolute Gasteiger partial charge is 0.311 e. The maximum Gasteiger partial charge on any atom is 0.311 e. The molecule has 146 valence electrons. The van der Waals surface area contributed by atoms with E-state index >= 15 is 0 Å². The zero-order valence-corrected chi connectivity index (χ0v) is 16.3. The first-order valence-corrected chi connectivity index (χ1v) is 9.90. The van der Waals surface area contributed by atoms with Crippen molar-refractivity contribution < 1.29 is 19.8 Å². The monoisotopic (exact) mass is 378 g/mol. The molecular formula is C24H26O4. The molecule has 0 fully saturated rings. The highest BCUT2D eigenvalue weighted by Gasteiger charge is 2.29. The van der Waals surface area contributed by atoms with Gasteiger partial charge in [0.2, 0.25) is 0 Å². The van der Waals surface area contributed by atoms with Gasteiger partial charge in [-0.2, -0.15) is 0 Å². The second-order valence-corrected chi connectivity index (χ2v) is 7.28. The molecule has 0 aliphatic heterocycles. The minimum Gasteiger partial charge on any atom is -0.481 e. The molecule has 0 heterocycles. The highest BCUT2D eigenvalue weighted by atomic mass is 16.4. The first-order chi connectivity index (χ1) is 13.5. The van der Waals surface area contributed by atoms with E-state index in [0.717, 1.165) is 45.5 Å². The van der Waals surface area contributed by atoms with Crippen molar-refractivity contribution in [3.05, 3.63) is 59.7 Å². The van der Waals surface area contributed by atoms with Gasteiger partial charge in [0, 0.05) is 0 Å². The average molecular weight is 378 g/mol. The summed E-state index contributed by atoms with van der Waals surface area (Å²) in [5.74, 6) is -2.92. The van der Waals surface area contributed by atoms with Crippen LogP contribution >= 0.6 is 0 Å². The zero-order chi connectivity index (χ0) is 20.3. The molecule has 28 heavy (non-hydrogen) atoms. The van der Waals surface area contributed by atoms with Crippen molar-refractivity contribution in [2.75, 3.05) is 0 Å². The normalized spacial score (nSPS) is 13.5. The van der Waals surface area contributed by atoms with Crippen LogP contribution in [0, 0.1) is 0 Å². The molecule has 3 aromatic rings. The Morgan fingerprint density at radius 3 is 1.18 bits per heavy atom. The van der Waals surface area contributed by atoms with E-state index < -0.39 is 23.8 Å². The molecule has 0 spiro atoms. The summed E-state index contributed by atoms with van der Waals surface area (Å²) in [7, 11) is 0. The van der Waals surface area contributed by atoms with Crippen LogP contribution in [0.4, 0.5) is 0 Å². The highest BCUT2D eigenvalue weighted by Crippen LogP contribution is 2.42. The van der Waals surface area contributed by atoms with Crippen molar-refractivity contribution in [2.45, 2.75) is 51.4 Å². The largest absolute Gasteiger partial charge is 0.481 e. The lowest BCUT2D eigenvalue weighted by atomic mass is 9.80. The molecule has 4 heteroatoms. The van der Waals surface area contributed by atoms with Crippen LogP contribution in [0.15, 0.2) is 48.5 Å². The van der Waals surface area contributed by atoms with E-state index in [1.54, 1.807) is 0 Å². The van der Waals surface area contributed by atoms with Crippen molar-refractivity contribution >= 4 is 33.5 Å². The van der Waals surface area contributed by atoms with Gasteiger partial charge in [0.25, 0.3) is 0 Å². The predicted molar refractivity (Wildman–Crippen MR) is 112 cm³/mol. The molecule has 0 bridgehead atoms. The van der Waals surface area contributed by atoms with Gasteiger partial charge in [-0.25, -0.2) is 0 Å². The molecule has 3 aromatic carbocycles. The summed E-state index contributed by atoms with van der Waals surface area (Å²) < 4.78 is 0. The molecule has 0 amide bonds. The average Bonchev–Trinajstić information content (AvgIpc) is 2.69. The van der Waals surface area contributed by atoms with E-state index in [2.05, 4.69) is 0 Å². The van der Waals surface area contributed by atoms with Crippen LogP contribution in [0.1, 0.15) is 62.5 Å². The lowest BCUT2D eigenvalue weighted by Crippen LogP contribution is -2.16. The molecule has 3 rings (SSSR count). The quantitative estimate of drug-likeness (QED) is 0.476. The van der Waals surface area contributed by atoms with Gasteiger partial charge in [0.05, 0.1) is 11.8 Å². The highest BCUT2D eigenvalue weighted by molar-refractivity contribution is 6.10. The third kappa shape index (κ3) is 3.47. The summed E-state index contributed by atoms with van der Waals surface area (Å²) in [6, 6.07) is 15.3. The first kappa shape index (κ1) is 19.9. The van der Waals surface area contributed by atoms with Gasteiger partial charge >= 0.3 is 11.9 Å². The maximum absolute atomic E-state index is 12.1. The number of hydrogen-bond acceptors (Lipinski definition) is 2. The van der Waals surface area contributed by atoms with Gasteiger partial charge in [-0.1, -0.05) is 75.2 Å². The van der Waals surface area contributed by atoms with Gasteiger partial charge in [-0.15, -0.1) is 0 Å². The number of carboxylic acids is 2. The number of fused-ring (bicyclic) bond motifs is 2. The molecule has 0 saturated carbocycles. The van der Waals surface area contributed by atoms with Gasteiger partial charge in [0.15, 0.2) is 0 Å². The van der Waals surface area contributed by atoms with Crippen LogP contribution in [0.25, 0.3) is 21.5 Å². The van der Waals surface area contributed by atoms with Crippen molar-refractivity contribution in [2.24, 2.45) is 0 Å². The molecular weight excluding hydrogens is 352 g/mol. The third-order valence-corrected chi connectivity index (χ3v) is 5.46. The fourth-order valence-electron chi connectivity index (χ4n) is 4.31. The fraction of sp³-hybridized carbons (Fsp3) is 0.333. The summed E-state index contributed by atoms with van der Waals surface area (Å²) in [5, 5.41) is 23.3. The van der Waals surface area contributed by atoms with Crippen LogP contribution in [-0.2, 0) is 9.59 Å². The van der Waals surface area contributed by atoms with Crippen LogP contribution < -0.4 is 0 Å². The Balaban J connectivity index is 2.49. The van der Waals surface area contributed by atoms with Crippen LogP contribution in [0.5, 0.6) is 0 Å². The lowest BCUT2D eigenvalue weighted by molar-refractivity contribution is -0.140. The Kier molecular flexibility index (Phi) is 5.98. The molecule has 2 atom stereocenters. The summed E-state index contributed by atoms with van der Waals surface area (Å²) in [4.78, 5) is 24.2. The summed E-state index contributed by atoms with van der Waals surface area (Å²) >= 11 is 0. The SMILES string of the molecule is CCCC(C(=O)O)c1c2ccccc2c(C(CCC)C(=O)O)c2ccccc12. The van der Waals surface area contributed by atoms with E-state index in [9.17, 15) is 19.8 Å². The molecule has 4 nitrogen and oxygen atoms in total. The predicted octanol–water partition coefficient (Wildman–Crippen LogP) is 5.93. The molecule has 2 N–H and O–H groups in total. The summed E-state index contributed by atoms with van der Waals surface area (Å²) in [6.45, 7) is 3.97. The van der Waals surface area contributed by atoms with Crippen LogP contribution in [0.2, 0.25) is 0 Å². The first-order valence-electron chi connectivity index (χ1n) is 9.90. The minimum absolute atomic E-state index is 0.542. The summed E-state index contributed by atoms with van der Waals surface area (Å²) in [5.41, 5.74) is 1.59. The number of benzene rings is 3. The zero-order valence-electron chi connectivity index (χ0n) is 16.3. The van der Waals surface area contributed by atoms with Crippen LogP contribution in [0.3, 0.4) is 0 Å². The standard InChI is InChI=1S/C24H26O4/c1-3-9-19(23(25)26)21-15-11-5-7-13-17(15)22(20(10-4-2)24(27)28)18-14-8-6-12-16(18)21/h5-8,11-14,19-20H,3-4,9-10H2,1-2H3,(H,25,26)(H,27,28). The molecule has 0 aromatic heterocycles. The van der Waals surface area contributed by atoms with E-state index in [0.29, 0.717) is 12.8 Å². The second-order valence-electron chi connectivity index (χ2n) is 7.28. The molecule has 0 saturated heterocycles. The van der Waals surface area contributed by atoms with Gasteiger partial charge in [-0.05, 0) is 45.5 Å². The number of carbonyl (C=O) groups is 2. The maximum atomic E-state index is 12.1. The molecule has 0 radical (unpaired) electrons. The van der Waals surface area contributed by atoms with E-state index in [1.165, 1.54) is 0 Å². The Labute approximate surface area is 164 Å². The number of aliphatic carboxylic acids is 2. The molecule has 0 aliphatic carbocycles. The van der Waals surface area contributed by atoms with Crippen molar-refractivity contribution in [1.29, 1.82) is 0 Å². The minimum atomic E-state index is -0.840. The lowest BCUT2D eigenvalue weighted by Gasteiger charge is -2.23. The number of carboxylic acid groups (broad SMARTS) is 2. The second kappa shape index (κ2) is 8.42. The van der Waals surface area contributed by atoms with E-state index in [-0.39, 0.29) is 0 Å². The van der Waals surface area contributed by atoms with Crippen molar-refractivity contribution in [3.8, 4) is 0 Å². The van der Waals surface area contributed by atoms with Gasteiger partial charge in [0.1, 0.15) is 0 Å². The Morgan fingerprint density at radius 1 is 0.679 bits per heavy atom. The van der Waals surface area contributed by atoms with Gasteiger partial charge in [-0.3, -0.25) is 9.59 Å². The Bertz CT molecular complexity index is 883. The van der Waals surface area contributed by atoms with Crippen molar-refractivity contribution in [3.63, 3.8) is 0 Å². The number of rotatable bonds is 8. The fourth-order valence-corrected chi connectivity index (χ4v) is 4.31. The van der Waals surface area contributed by atoms with Crippen molar-refractivity contribution in [1.82, 2.24) is 0 Å². The third-order valence-electron chi connectivity index (χ3n) is 5.46. The topological polar surface area (TPSA) is 74.6 Å². The molecule has 0 aliphatic rings. The molecule has 2 unspecified atom stereocenters.